The second-order valence-electron chi connectivity index (χ2n) is 4.49. The van der Waals surface area contributed by atoms with E-state index in [0.717, 1.165) is 0 Å². The molecule has 4 heteroatoms. The first kappa shape index (κ1) is 14.4. The Morgan fingerprint density at radius 2 is 1.80 bits per heavy atom. The lowest BCUT2D eigenvalue weighted by Gasteiger charge is -2.35. The summed E-state index contributed by atoms with van der Waals surface area (Å²) in [7, 11) is 3.04. The van der Waals surface area contributed by atoms with Gasteiger partial charge >= 0.3 is 5.97 Å². The van der Waals surface area contributed by atoms with Gasteiger partial charge in [-0.2, -0.15) is 0 Å². The molecule has 0 bridgehead atoms. The first-order valence-electron chi connectivity index (χ1n) is 5.20. The van der Waals surface area contributed by atoms with Gasteiger partial charge in [-0.1, -0.05) is 6.92 Å². The first-order valence-corrected chi connectivity index (χ1v) is 5.20. The molecule has 0 saturated heterocycles. The van der Waals surface area contributed by atoms with E-state index in [1.165, 1.54) is 7.11 Å². The summed E-state index contributed by atoms with van der Waals surface area (Å²) in [5.74, 6) is -0.255. The van der Waals surface area contributed by atoms with Crippen molar-refractivity contribution in [3.05, 3.63) is 0 Å². The highest BCUT2D eigenvalue weighted by Crippen LogP contribution is 2.24. The second-order valence-corrected chi connectivity index (χ2v) is 4.49. The molecule has 15 heavy (non-hydrogen) atoms. The molecule has 0 aromatic carbocycles. The fourth-order valence-electron chi connectivity index (χ4n) is 1.75. The Labute approximate surface area is 92.3 Å². The average Bonchev–Trinajstić information content (AvgIpc) is 2.16. The van der Waals surface area contributed by atoms with E-state index in [1.807, 2.05) is 27.7 Å². The van der Waals surface area contributed by atoms with E-state index in [9.17, 15) is 4.79 Å². The Hall–Kier alpha value is -0.610. The molecule has 0 fully saturated rings. The zero-order valence-electron chi connectivity index (χ0n) is 10.6. The minimum Gasteiger partial charge on any atom is -0.468 e. The third kappa shape index (κ3) is 4.18. The maximum absolute atomic E-state index is 11.7. The maximum Gasteiger partial charge on any atom is 0.325 e. The van der Waals surface area contributed by atoms with Gasteiger partial charge in [-0.15, -0.1) is 0 Å². The second kappa shape index (κ2) is 5.47. The highest BCUT2D eigenvalue weighted by Gasteiger charge is 2.39. The zero-order chi connectivity index (χ0) is 12.1. The van der Waals surface area contributed by atoms with Crippen LogP contribution in [-0.2, 0) is 14.3 Å². The lowest BCUT2D eigenvalue weighted by atomic mass is 9.87. The summed E-state index contributed by atoms with van der Waals surface area (Å²) in [6.45, 7) is 8.41. The van der Waals surface area contributed by atoms with E-state index < -0.39 is 5.54 Å². The quantitative estimate of drug-likeness (QED) is 0.682. The van der Waals surface area contributed by atoms with Gasteiger partial charge in [0, 0.05) is 13.5 Å². The van der Waals surface area contributed by atoms with Gasteiger partial charge < -0.3 is 14.8 Å². The van der Waals surface area contributed by atoms with Crippen molar-refractivity contribution in [1.29, 1.82) is 0 Å². The molecule has 0 aromatic heterocycles. The molecule has 0 spiro atoms. The third-order valence-electron chi connectivity index (χ3n) is 2.53. The molecule has 1 N–H and O–H groups in total. The topological polar surface area (TPSA) is 47.6 Å². The Morgan fingerprint density at radius 1 is 1.27 bits per heavy atom. The minimum atomic E-state index is -0.691. The number of hydrogen-bond donors (Lipinski definition) is 1. The van der Waals surface area contributed by atoms with Crippen LogP contribution in [0.5, 0.6) is 0 Å². The van der Waals surface area contributed by atoms with Gasteiger partial charge in [-0.25, -0.2) is 0 Å². The van der Waals surface area contributed by atoms with Crippen LogP contribution in [0.4, 0.5) is 0 Å². The summed E-state index contributed by atoms with van der Waals surface area (Å²) in [5, 5.41) is 3.15. The molecule has 1 atom stereocenters. The van der Waals surface area contributed by atoms with Crippen LogP contribution in [-0.4, -0.2) is 37.9 Å². The largest absolute Gasteiger partial charge is 0.468 e. The molecule has 0 amide bonds. The van der Waals surface area contributed by atoms with Gasteiger partial charge in [-0.3, -0.25) is 4.79 Å². The molecule has 90 valence electrons. The molecule has 0 aliphatic heterocycles. The van der Waals surface area contributed by atoms with E-state index in [2.05, 4.69) is 5.32 Å². The molecule has 0 aliphatic rings. The Balaban J connectivity index is 4.72. The van der Waals surface area contributed by atoms with Crippen molar-refractivity contribution in [2.45, 2.75) is 45.3 Å². The summed E-state index contributed by atoms with van der Waals surface area (Å²) in [5.41, 5.74) is -1.05. The Kier molecular flexibility index (Phi) is 5.24. The predicted molar refractivity (Wildman–Crippen MR) is 59.8 cm³/mol. The van der Waals surface area contributed by atoms with Crippen LogP contribution in [0.2, 0.25) is 0 Å². The van der Waals surface area contributed by atoms with Crippen LogP contribution in [0, 0.1) is 0 Å². The van der Waals surface area contributed by atoms with Crippen molar-refractivity contribution >= 4 is 5.97 Å². The molecule has 1 unspecified atom stereocenters. The highest BCUT2D eigenvalue weighted by molar-refractivity contribution is 5.80. The number of nitrogens with one attached hydrogen (secondary N) is 1. The number of carbonyl (C=O) groups is 1. The summed E-state index contributed by atoms with van der Waals surface area (Å²) in [6.07, 6.45) is 0.566. The lowest BCUT2D eigenvalue weighted by molar-refractivity contribution is -0.151. The van der Waals surface area contributed by atoms with Crippen LogP contribution >= 0.6 is 0 Å². The lowest BCUT2D eigenvalue weighted by Crippen LogP contribution is -2.54. The van der Waals surface area contributed by atoms with Gasteiger partial charge in [0.25, 0.3) is 0 Å². The van der Waals surface area contributed by atoms with Crippen LogP contribution < -0.4 is 5.32 Å². The molecule has 0 heterocycles. The van der Waals surface area contributed by atoms with E-state index in [0.29, 0.717) is 13.0 Å². The summed E-state index contributed by atoms with van der Waals surface area (Å²) in [4.78, 5) is 11.7. The van der Waals surface area contributed by atoms with Crippen molar-refractivity contribution in [2.24, 2.45) is 0 Å². The Morgan fingerprint density at radius 3 is 2.13 bits per heavy atom. The SMILES string of the molecule is CCNC(C)(CC(C)(C)OC)C(=O)OC. The number of carbonyl (C=O) groups excluding carboxylic acids is 1. The molecule has 0 radical (unpaired) electrons. The van der Waals surface area contributed by atoms with Crippen molar-refractivity contribution < 1.29 is 14.3 Å². The monoisotopic (exact) mass is 217 g/mol. The van der Waals surface area contributed by atoms with Crippen LogP contribution in [0.3, 0.4) is 0 Å². The van der Waals surface area contributed by atoms with Gasteiger partial charge in [0.1, 0.15) is 5.54 Å². The third-order valence-corrected chi connectivity index (χ3v) is 2.53. The molecule has 0 aromatic rings. The highest BCUT2D eigenvalue weighted by atomic mass is 16.5. The number of methoxy groups -OCH3 is 2. The standard InChI is InChI=1S/C11H23NO3/c1-7-12-11(4,9(13)14-5)8-10(2,3)15-6/h12H,7-8H2,1-6H3. The van der Waals surface area contributed by atoms with Crippen molar-refractivity contribution in [1.82, 2.24) is 5.32 Å². The molecule has 4 nitrogen and oxygen atoms in total. The van der Waals surface area contributed by atoms with Crippen molar-refractivity contribution in [3.8, 4) is 0 Å². The fraction of sp³-hybridized carbons (Fsp3) is 0.909. The maximum atomic E-state index is 11.7. The van der Waals surface area contributed by atoms with Crippen molar-refractivity contribution in [3.63, 3.8) is 0 Å². The van der Waals surface area contributed by atoms with Crippen LogP contribution in [0.15, 0.2) is 0 Å². The number of hydrogen-bond acceptors (Lipinski definition) is 4. The molecule has 0 aliphatic carbocycles. The van der Waals surface area contributed by atoms with E-state index in [4.69, 9.17) is 9.47 Å². The van der Waals surface area contributed by atoms with Gasteiger partial charge in [-0.05, 0) is 27.3 Å². The van der Waals surface area contributed by atoms with E-state index in [1.54, 1.807) is 7.11 Å². The van der Waals surface area contributed by atoms with Gasteiger partial charge in [0.2, 0.25) is 0 Å². The molecular weight excluding hydrogens is 194 g/mol. The van der Waals surface area contributed by atoms with E-state index in [-0.39, 0.29) is 11.6 Å². The smallest absolute Gasteiger partial charge is 0.325 e. The number of rotatable bonds is 6. The summed E-state index contributed by atoms with van der Waals surface area (Å²) >= 11 is 0. The fourth-order valence-corrected chi connectivity index (χ4v) is 1.75. The minimum absolute atomic E-state index is 0.255. The average molecular weight is 217 g/mol. The number of esters is 1. The molecule has 0 rings (SSSR count). The Bertz CT molecular complexity index is 216. The normalized spacial score (nSPS) is 15.9. The van der Waals surface area contributed by atoms with Crippen LogP contribution in [0.25, 0.3) is 0 Å². The van der Waals surface area contributed by atoms with E-state index >= 15 is 0 Å². The summed E-state index contributed by atoms with van der Waals surface area (Å²) in [6, 6.07) is 0. The predicted octanol–water partition coefficient (Wildman–Crippen LogP) is 1.34. The van der Waals surface area contributed by atoms with Crippen molar-refractivity contribution in [2.75, 3.05) is 20.8 Å². The van der Waals surface area contributed by atoms with Gasteiger partial charge in [0.15, 0.2) is 0 Å². The van der Waals surface area contributed by atoms with Gasteiger partial charge in [0.05, 0.1) is 12.7 Å². The zero-order valence-corrected chi connectivity index (χ0v) is 10.6. The molecular formula is C11H23NO3. The van der Waals surface area contributed by atoms with Crippen LogP contribution in [0.1, 0.15) is 34.1 Å². The molecule has 0 saturated carbocycles. The number of ether oxygens (including phenoxy) is 2. The summed E-state index contributed by atoms with van der Waals surface area (Å²) < 4.78 is 10.1. The number of likely N-dealkylation sites (N-methyl/N-ethyl adjacent to an activating group) is 1. The first-order chi connectivity index (χ1) is 6.81.